The van der Waals surface area contributed by atoms with Crippen LogP contribution in [0.15, 0.2) is 72.0 Å². The van der Waals surface area contributed by atoms with Crippen LogP contribution in [0.2, 0.25) is 0 Å². The fourth-order valence-corrected chi connectivity index (χ4v) is 5.02. The maximum atomic E-state index is 13.8. The maximum Gasteiger partial charge on any atom is 0.203 e. The van der Waals surface area contributed by atoms with Gasteiger partial charge in [-0.15, -0.1) is 0 Å². The van der Waals surface area contributed by atoms with Crippen molar-refractivity contribution in [3.05, 3.63) is 88.6 Å². The number of fused-ring (bicyclic) bond motifs is 2. The molecule has 1 unspecified atom stereocenters. The summed E-state index contributed by atoms with van der Waals surface area (Å²) in [5.74, 6) is 1.70. The number of hydrogen-bond donors (Lipinski definition) is 2. The molecule has 1 aromatic heterocycles. The van der Waals surface area contributed by atoms with E-state index in [1.54, 1.807) is 20.3 Å². The number of hydrogen-bond acceptors (Lipinski definition) is 6. The Morgan fingerprint density at radius 1 is 1.03 bits per heavy atom. The second-order valence-electron chi connectivity index (χ2n) is 8.81. The highest BCUT2D eigenvalue weighted by atomic mass is 16.5. The van der Waals surface area contributed by atoms with Crippen LogP contribution in [0.5, 0.6) is 17.2 Å². The molecule has 1 fully saturated rings. The quantitative estimate of drug-likeness (QED) is 0.290. The minimum atomic E-state index is 0.0585. The lowest BCUT2D eigenvalue weighted by atomic mass is 9.97. The van der Waals surface area contributed by atoms with Crippen LogP contribution >= 0.6 is 0 Å². The topological polar surface area (TPSA) is 73.8 Å². The van der Waals surface area contributed by atoms with Gasteiger partial charge in [0, 0.05) is 37.6 Å². The Morgan fingerprint density at radius 3 is 2.47 bits per heavy atom. The number of ether oxygens (including phenoxy) is 3. The van der Waals surface area contributed by atoms with Crippen molar-refractivity contribution in [3.63, 3.8) is 0 Å². The third-order valence-electron chi connectivity index (χ3n) is 6.66. The first kappa shape index (κ1) is 23.9. The summed E-state index contributed by atoms with van der Waals surface area (Å²) in [7, 11) is 3.22. The normalized spacial score (nSPS) is 15.7. The fourth-order valence-electron chi connectivity index (χ4n) is 5.02. The summed E-state index contributed by atoms with van der Waals surface area (Å²) in [5, 5.41) is 8.45. The van der Waals surface area contributed by atoms with E-state index in [4.69, 9.17) is 14.2 Å². The minimum absolute atomic E-state index is 0.0585. The molecule has 0 radical (unpaired) electrons. The lowest BCUT2D eigenvalue weighted by Crippen LogP contribution is -2.43. The summed E-state index contributed by atoms with van der Waals surface area (Å²) in [6.07, 6.45) is 1.68. The number of para-hydroxylation sites is 1. The van der Waals surface area contributed by atoms with Crippen LogP contribution in [0.1, 0.15) is 17.2 Å². The van der Waals surface area contributed by atoms with E-state index in [9.17, 15) is 4.79 Å². The Balaban J connectivity index is 1.71. The summed E-state index contributed by atoms with van der Waals surface area (Å²) < 4.78 is 19.3. The molecule has 1 atom stereocenters. The average molecular weight is 486 g/mol. The van der Waals surface area contributed by atoms with Crippen molar-refractivity contribution >= 4 is 21.8 Å². The van der Waals surface area contributed by atoms with E-state index in [1.165, 1.54) is 0 Å². The largest absolute Gasteiger partial charge is 0.493 e. The fraction of sp³-hybridized carbons (Fsp3) is 0.276. The molecule has 1 aliphatic heterocycles. The van der Waals surface area contributed by atoms with E-state index in [2.05, 4.69) is 27.8 Å². The molecule has 2 N–H and O–H groups in total. The van der Waals surface area contributed by atoms with Crippen LogP contribution in [0.25, 0.3) is 21.8 Å². The standard InChI is InChI=1S/C29H31N3O4/c1-4-14-36-29-25(34-2)15-19(16-26(29)35-3)18-32-23-10-6-5-8-21(23)28(33)27-20(9-7-11-24(27)32)22-17-30-12-13-31-22/h4-11,15-16,22,30-31H,1,12-14,17-18H2,2-3H3. The van der Waals surface area contributed by atoms with E-state index >= 15 is 0 Å². The second kappa shape index (κ2) is 10.4. The van der Waals surface area contributed by atoms with Gasteiger partial charge < -0.3 is 29.4 Å². The third-order valence-corrected chi connectivity index (χ3v) is 6.66. The molecule has 3 aromatic carbocycles. The van der Waals surface area contributed by atoms with Gasteiger partial charge in [-0.05, 0) is 41.5 Å². The van der Waals surface area contributed by atoms with Crippen LogP contribution < -0.4 is 30.3 Å². The molecule has 1 aliphatic rings. The van der Waals surface area contributed by atoms with E-state index in [-0.39, 0.29) is 11.5 Å². The number of methoxy groups -OCH3 is 2. The Kier molecular flexibility index (Phi) is 6.93. The Morgan fingerprint density at radius 2 is 1.78 bits per heavy atom. The molecular formula is C29H31N3O4. The van der Waals surface area contributed by atoms with Crippen LogP contribution in [-0.2, 0) is 6.54 Å². The molecular weight excluding hydrogens is 454 g/mol. The van der Waals surface area contributed by atoms with Crippen molar-refractivity contribution in [1.29, 1.82) is 0 Å². The van der Waals surface area contributed by atoms with Gasteiger partial charge in [0.15, 0.2) is 16.9 Å². The van der Waals surface area contributed by atoms with Gasteiger partial charge in [-0.25, -0.2) is 0 Å². The molecule has 0 bridgehead atoms. The lowest BCUT2D eigenvalue weighted by molar-refractivity contribution is 0.300. The van der Waals surface area contributed by atoms with Crippen LogP contribution in [-0.4, -0.2) is 45.0 Å². The molecule has 4 aromatic rings. The molecule has 186 valence electrons. The molecule has 36 heavy (non-hydrogen) atoms. The molecule has 7 nitrogen and oxygen atoms in total. The molecule has 0 spiro atoms. The number of aromatic nitrogens is 1. The first-order valence-corrected chi connectivity index (χ1v) is 12.1. The first-order valence-electron chi connectivity index (χ1n) is 12.1. The summed E-state index contributed by atoms with van der Waals surface area (Å²) in [5.41, 5.74) is 3.82. The van der Waals surface area contributed by atoms with Gasteiger partial charge in [0.05, 0.1) is 30.6 Å². The monoisotopic (exact) mass is 485 g/mol. The van der Waals surface area contributed by atoms with Gasteiger partial charge >= 0.3 is 0 Å². The van der Waals surface area contributed by atoms with Gasteiger partial charge in [0.1, 0.15) is 6.61 Å². The second-order valence-corrected chi connectivity index (χ2v) is 8.81. The first-order chi connectivity index (χ1) is 17.7. The number of nitrogens with one attached hydrogen (secondary N) is 2. The zero-order valence-corrected chi connectivity index (χ0v) is 20.7. The number of pyridine rings is 1. The van der Waals surface area contributed by atoms with Crippen molar-refractivity contribution in [2.45, 2.75) is 12.6 Å². The van der Waals surface area contributed by atoms with Gasteiger partial charge in [0.25, 0.3) is 0 Å². The Bertz CT molecular complexity index is 1450. The van der Waals surface area contributed by atoms with Crippen LogP contribution in [0, 0.1) is 0 Å². The summed E-state index contributed by atoms with van der Waals surface area (Å²) in [4.78, 5) is 13.8. The molecule has 0 saturated carbocycles. The Hall–Kier alpha value is -3.81. The van der Waals surface area contributed by atoms with Crippen LogP contribution in [0.4, 0.5) is 0 Å². The average Bonchev–Trinajstić information content (AvgIpc) is 2.94. The summed E-state index contributed by atoms with van der Waals surface area (Å²) in [6.45, 7) is 7.15. The minimum Gasteiger partial charge on any atom is -0.493 e. The number of piperazine rings is 1. The predicted molar refractivity (Wildman–Crippen MR) is 144 cm³/mol. The molecule has 7 heteroatoms. The maximum absolute atomic E-state index is 13.8. The van der Waals surface area contributed by atoms with Gasteiger partial charge in [0.2, 0.25) is 5.75 Å². The number of rotatable bonds is 8. The van der Waals surface area contributed by atoms with Gasteiger partial charge in [-0.2, -0.15) is 0 Å². The van der Waals surface area contributed by atoms with E-state index in [0.29, 0.717) is 35.8 Å². The molecule has 0 amide bonds. The molecule has 2 heterocycles. The highest BCUT2D eigenvalue weighted by Gasteiger charge is 2.21. The van der Waals surface area contributed by atoms with Crippen molar-refractivity contribution < 1.29 is 14.2 Å². The van der Waals surface area contributed by atoms with E-state index in [0.717, 1.165) is 47.2 Å². The molecule has 5 rings (SSSR count). The van der Waals surface area contributed by atoms with E-state index in [1.807, 2.05) is 48.5 Å². The van der Waals surface area contributed by atoms with Crippen molar-refractivity contribution in [3.8, 4) is 17.2 Å². The molecule has 0 aliphatic carbocycles. The zero-order chi connectivity index (χ0) is 25.1. The summed E-state index contributed by atoms with van der Waals surface area (Å²) in [6, 6.07) is 17.9. The lowest BCUT2D eigenvalue weighted by Gasteiger charge is -2.26. The SMILES string of the molecule is C=CCOc1c(OC)cc(Cn2c3ccccc3c(=O)c3c(C4CNCCN4)cccc32)cc1OC. The van der Waals surface area contributed by atoms with Gasteiger partial charge in [-0.3, -0.25) is 4.79 Å². The molecule has 1 saturated heterocycles. The van der Waals surface area contributed by atoms with Crippen molar-refractivity contribution in [2.24, 2.45) is 0 Å². The Labute approximate surface area is 210 Å². The predicted octanol–water partition coefficient (Wildman–Crippen LogP) is 4.02. The summed E-state index contributed by atoms with van der Waals surface area (Å²) >= 11 is 0. The van der Waals surface area contributed by atoms with Crippen molar-refractivity contribution in [2.75, 3.05) is 40.5 Å². The number of benzene rings is 3. The zero-order valence-electron chi connectivity index (χ0n) is 20.7. The van der Waals surface area contributed by atoms with Crippen LogP contribution in [0.3, 0.4) is 0 Å². The number of nitrogens with zero attached hydrogens (tertiary/aromatic N) is 1. The van der Waals surface area contributed by atoms with Gasteiger partial charge in [-0.1, -0.05) is 36.9 Å². The smallest absolute Gasteiger partial charge is 0.203 e. The highest BCUT2D eigenvalue weighted by Crippen LogP contribution is 2.39. The highest BCUT2D eigenvalue weighted by molar-refractivity contribution is 5.95. The van der Waals surface area contributed by atoms with Crippen molar-refractivity contribution in [1.82, 2.24) is 15.2 Å². The van der Waals surface area contributed by atoms with E-state index < -0.39 is 0 Å². The third kappa shape index (κ3) is 4.32.